The SMILES string of the molecule is CC1CCN(S(=O)(=O)c2ccc(OCC(=O)NCc3ccc(S(=O)(=O)N4CCCC4)cc3)cc2)CC1. The largest absolute Gasteiger partial charge is 0.484 e. The number of nitrogens with one attached hydrogen (secondary N) is 1. The maximum atomic E-state index is 12.8. The summed E-state index contributed by atoms with van der Waals surface area (Å²) < 4.78 is 59.4. The van der Waals surface area contributed by atoms with E-state index < -0.39 is 20.0 Å². The van der Waals surface area contributed by atoms with E-state index >= 15 is 0 Å². The second-order valence-corrected chi connectivity index (χ2v) is 13.3. The van der Waals surface area contributed by atoms with Gasteiger partial charge in [-0.25, -0.2) is 16.8 Å². The first-order chi connectivity index (χ1) is 17.2. The van der Waals surface area contributed by atoms with Crippen molar-refractivity contribution in [2.75, 3.05) is 32.8 Å². The highest BCUT2D eigenvalue weighted by atomic mass is 32.2. The molecule has 2 heterocycles. The number of carbonyl (C=O) groups excluding carboxylic acids is 1. The number of benzene rings is 2. The fraction of sp³-hybridized carbons (Fsp3) is 0.480. The first kappa shape index (κ1) is 26.6. The molecule has 196 valence electrons. The molecule has 9 nitrogen and oxygen atoms in total. The van der Waals surface area contributed by atoms with Crippen LogP contribution in [-0.2, 0) is 31.4 Å². The number of sulfonamides is 2. The monoisotopic (exact) mass is 535 g/mol. The van der Waals surface area contributed by atoms with Crippen molar-refractivity contribution in [3.05, 3.63) is 54.1 Å². The number of nitrogens with zero attached hydrogens (tertiary/aromatic N) is 2. The second-order valence-electron chi connectivity index (χ2n) is 9.38. The van der Waals surface area contributed by atoms with Gasteiger partial charge in [-0.05, 0) is 73.6 Å². The number of hydrogen-bond acceptors (Lipinski definition) is 6. The van der Waals surface area contributed by atoms with Crippen LogP contribution in [-0.4, -0.2) is 64.1 Å². The molecule has 2 aliphatic rings. The third kappa shape index (κ3) is 6.26. The van der Waals surface area contributed by atoms with Crippen molar-refractivity contribution in [2.24, 2.45) is 5.92 Å². The normalized spacial score (nSPS) is 18.2. The molecule has 1 amide bonds. The lowest BCUT2D eigenvalue weighted by molar-refractivity contribution is -0.123. The molecule has 11 heteroatoms. The van der Waals surface area contributed by atoms with Crippen molar-refractivity contribution in [3.63, 3.8) is 0 Å². The molecule has 0 bridgehead atoms. The van der Waals surface area contributed by atoms with Crippen molar-refractivity contribution < 1.29 is 26.4 Å². The third-order valence-corrected chi connectivity index (χ3v) is 10.5. The van der Waals surface area contributed by atoms with E-state index in [4.69, 9.17) is 4.74 Å². The lowest BCUT2D eigenvalue weighted by Crippen LogP contribution is -2.37. The number of amides is 1. The van der Waals surface area contributed by atoms with E-state index in [0.29, 0.717) is 37.8 Å². The van der Waals surface area contributed by atoms with Crippen molar-refractivity contribution in [3.8, 4) is 5.75 Å². The zero-order chi connectivity index (χ0) is 25.8. The van der Waals surface area contributed by atoms with Crippen molar-refractivity contribution >= 4 is 26.0 Å². The summed E-state index contributed by atoms with van der Waals surface area (Å²) in [5.74, 6) is 0.587. The average Bonchev–Trinajstić information content (AvgIpc) is 3.43. The molecule has 4 rings (SSSR count). The van der Waals surface area contributed by atoms with Gasteiger partial charge < -0.3 is 10.1 Å². The minimum Gasteiger partial charge on any atom is -0.484 e. The highest BCUT2D eigenvalue weighted by molar-refractivity contribution is 7.89. The predicted octanol–water partition coefficient (Wildman–Crippen LogP) is 2.59. The topological polar surface area (TPSA) is 113 Å². The van der Waals surface area contributed by atoms with Crippen LogP contribution < -0.4 is 10.1 Å². The highest BCUT2D eigenvalue weighted by Crippen LogP contribution is 2.25. The molecule has 1 N–H and O–H groups in total. The number of rotatable bonds is 9. The summed E-state index contributed by atoms with van der Waals surface area (Å²) in [6, 6.07) is 12.6. The van der Waals surface area contributed by atoms with E-state index in [9.17, 15) is 21.6 Å². The number of ether oxygens (including phenoxy) is 1. The third-order valence-electron chi connectivity index (χ3n) is 6.69. The molecule has 0 atom stereocenters. The maximum Gasteiger partial charge on any atom is 0.258 e. The Kier molecular flexibility index (Phi) is 8.34. The zero-order valence-electron chi connectivity index (χ0n) is 20.4. The molecule has 2 aromatic rings. The van der Waals surface area contributed by atoms with E-state index in [0.717, 1.165) is 31.2 Å². The van der Waals surface area contributed by atoms with Crippen LogP contribution >= 0.6 is 0 Å². The fourth-order valence-corrected chi connectivity index (χ4v) is 7.33. The predicted molar refractivity (Wildman–Crippen MR) is 135 cm³/mol. The van der Waals surface area contributed by atoms with Crippen LogP contribution in [0.25, 0.3) is 0 Å². The van der Waals surface area contributed by atoms with Gasteiger partial charge in [-0.1, -0.05) is 19.1 Å². The van der Waals surface area contributed by atoms with Gasteiger partial charge in [-0.15, -0.1) is 0 Å². The maximum absolute atomic E-state index is 12.8. The Morgan fingerprint density at radius 2 is 1.33 bits per heavy atom. The lowest BCUT2D eigenvalue weighted by Gasteiger charge is -2.29. The summed E-state index contributed by atoms with van der Waals surface area (Å²) >= 11 is 0. The van der Waals surface area contributed by atoms with Crippen LogP contribution in [0, 0.1) is 5.92 Å². The number of piperidine rings is 1. The standard InChI is InChI=1S/C25H33N3O6S2/c1-20-12-16-28(17-13-20)36(32,33)24-10-6-22(7-11-24)34-19-25(29)26-18-21-4-8-23(9-5-21)35(30,31)27-14-2-3-15-27/h4-11,20H,2-3,12-19H2,1H3,(H,26,29). The lowest BCUT2D eigenvalue weighted by atomic mass is 10.0. The van der Waals surface area contributed by atoms with Gasteiger partial charge in [-0.3, -0.25) is 4.79 Å². The molecular weight excluding hydrogens is 502 g/mol. The Morgan fingerprint density at radius 3 is 1.89 bits per heavy atom. The summed E-state index contributed by atoms with van der Waals surface area (Å²) in [7, 11) is -6.99. The fourth-order valence-electron chi connectivity index (χ4n) is 4.34. The second kappa shape index (κ2) is 11.3. The van der Waals surface area contributed by atoms with Gasteiger partial charge in [0.05, 0.1) is 9.79 Å². The molecule has 0 unspecified atom stereocenters. The Labute approximate surface area is 213 Å². The van der Waals surface area contributed by atoms with E-state index in [-0.39, 0.29) is 28.8 Å². The minimum atomic E-state index is -3.53. The van der Waals surface area contributed by atoms with Crippen LogP contribution in [0.2, 0.25) is 0 Å². The molecule has 2 saturated heterocycles. The van der Waals surface area contributed by atoms with E-state index in [1.807, 2.05) is 0 Å². The van der Waals surface area contributed by atoms with Crippen LogP contribution in [0.5, 0.6) is 5.75 Å². The molecule has 0 spiro atoms. The molecular formula is C25H33N3O6S2. The molecule has 2 fully saturated rings. The van der Waals surface area contributed by atoms with Gasteiger partial charge in [0.2, 0.25) is 20.0 Å². The number of hydrogen-bond donors (Lipinski definition) is 1. The van der Waals surface area contributed by atoms with Gasteiger partial charge in [0, 0.05) is 32.7 Å². The molecule has 0 radical (unpaired) electrons. The van der Waals surface area contributed by atoms with Crippen LogP contribution in [0.4, 0.5) is 0 Å². The van der Waals surface area contributed by atoms with Gasteiger partial charge in [-0.2, -0.15) is 8.61 Å². The quantitative estimate of drug-likeness (QED) is 0.528. The Hall–Kier alpha value is -2.47. The Balaban J connectivity index is 1.24. The van der Waals surface area contributed by atoms with E-state index in [1.165, 1.54) is 20.7 Å². The summed E-state index contributed by atoms with van der Waals surface area (Å²) in [4.78, 5) is 12.7. The molecule has 36 heavy (non-hydrogen) atoms. The van der Waals surface area contributed by atoms with Crippen molar-refractivity contribution in [2.45, 2.75) is 48.9 Å². The summed E-state index contributed by atoms with van der Waals surface area (Å²) in [5, 5.41) is 2.74. The van der Waals surface area contributed by atoms with Gasteiger partial charge in [0.25, 0.3) is 5.91 Å². The summed E-state index contributed by atoms with van der Waals surface area (Å²) in [6.07, 6.45) is 3.48. The average molecular weight is 536 g/mol. The van der Waals surface area contributed by atoms with E-state index in [1.54, 1.807) is 36.4 Å². The Morgan fingerprint density at radius 1 is 0.833 bits per heavy atom. The number of carbonyl (C=O) groups is 1. The smallest absolute Gasteiger partial charge is 0.258 e. The van der Waals surface area contributed by atoms with Gasteiger partial charge >= 0.3 is 0 Å². The van der Waals surface area contributed by atoms with Crippen molar-refractivity contribution in [1.29, 1.82) is 0 Å². The summed E-state index contributed by atoms with van der Waals surface area (Å²) in [5.41, 5.74) is 0.769. The highest BCUT2D eigenvalue weighted by Gasteiger charge is 2.28. The molecule has 0 aliphatic carbocycles. The molecule has 0 aromatic heterocycles. The van der Waals surface area contributed by atoms with Crippen molar-refractivity contribution in [1.82, 2.24) is 13.9 Å². The molecule has 2 aliphatic heterocycles. The van der Waals surface area contributed by atoms with Gasteiger partial charge in [0.1, 0.15) is 5.75 Å². The zero-order valence-corrected chi connectivity index (χ0v) is 22.1. The minimum absolute atomic E-state index is 0.212. The summed E-state index contributed by atoms with van der Waals surface area (Å²) in [6.45, 7) is 4.30. The van der Waals surface area contributed by atoms with Crippen LogP contribution in [0.1, 0.15) is 38.2 Å². The Bertz CT molecular complexity index is 1250. The van der Waals surface area contributed by atoms with Gasteiger partial charge in [0.15, 0.2) is 6.61 Å². The first-order valence-corrected chi connectivity index (χ1v) is 15.1. The van der Waals surface area contributed by atoms with Crippen LogP contribution in [0.3, 0.4) is 0 Å². The van der Waals surface area contributed by atoms with Crippen LogP contribution in [0.15, 0.2) is 58.3 Å². The molecule has 0 saturated carbocycles. The van der Waals surface area contributed by atoms with E-state index in [2.05, 4.69) is 12.2 Å². The first-order valence-electron chi connectivity index (χ1n) is 12.2. The molecule has 2 aromatic carbocycles.